The zero-order valence-electron chi connectivity index (χ0n) is 13.6. The highest BCUT2D eigenvalue weighted by Crippen LogP contribution is 2.16. The zero-order valence-corrected chi connectivity index (χ0v) is 14.3. The van der Waals surface area contributed by atoms with Crippen molar-refractivity contribution in [2.24, 2.45) is 0 Å². The molecule has 1 aromatic heterocycles. The van der Waals surface area contributed by atoms with Gasteiger partial charge in [0.2, 0.25) is 5.89 Å². The van der Waals surface area contributed by atoms with Gasteiger partial charge in [-0.05, 0) is 30.2 Å². The smallest absolute Gasteiger partial charge is 0.322 e. The van der Waals surface area contributed by atoms with Crippen LogP contribution in [0.5, 0.6) is 0 Å². The molecule has 25 heavy (non-hydrogen) atoms. The minimum atomic E-state index is -0.370. The highest BCUT2D eigenvalue weighted by atomic mass is 35.5. The summed E-state index contributed by atoms with van der Waals surface area (Å²) in [6.45, 7) is 2.03. The molecule has 0 fully saturated rings. The topological polar surface area (TPSA) is 68.0 Å². The first-order chi connectivity index (χ1) is 12.1. The minimum absolute atomic E-state index is 0.0657. The lowest BCUT2D eigenvalue weighted by molar-refractivity contribution is -0.112. The van der Waals surface area contributed by atoms with Gasteiger partial charge in [0.05, 0.1) is 6.42 Å². The Bertz CT molecular complexity index is 901. The van der Waals surface area contributed by atoms with Gasteiger partial charge in [-0.25, -0.2) is 0 Å². The fourth-order valence-electron chi connectivity index (χ4n) is 2.18. The van der Waals surface area contributed by atoms with E-state index >= 15 is 0 Å². The lowest BCUT2D eigenvalue weighted by Crippen LogP contribution is -2.07. The summed E-state index contributed by atoms with van der Waals surface area (Å²) in [5.74, 6) is 0.0692. The number of rotatable bonds is 5. The molecular weight excluding hydrogens is 338 g/mol. The summed E-state index contributed by atoms with van der Waals surface area (Å²) >= 11 is 6.03. The number of benzene rings is 2. The van der Waals surface area contributed by atoms with Crippen molar-refractivity contribution in [3.8, 4) is 0 Å². The van der Waals surface area contributed by atoms with E-state index in [1.807, 2.05) is 49.4 Å². The second-order valence-corrected chi connectivity index (χ2v) is 5.91. The van der Waals surface area contributed by atoms with E-state index in [4.69, 9.17) is 16.0 Å². The molecule has 0 bridgehead atoms. The van der Waals surface area contributed by atoms with E-state index in [-0.39, 0.29) is 11.9 Å². The first-order valence-corrected chi connectivity index (χ1v) is 8.09. The number of nitrogens with one attached hydrogen (secondary N) is 1. The predicted octanol–water partition coefficient (Wildman–Crippen LogP) is 4.27. The van der Waals surface area contributed by atoms with Crippen LogP contribution in [-0.2, 0) is 11.2 Å². The summed E-state index contributed by atoms with van der Waals surface area (Å²) in [7, 11) is 0. The van der Waals surface area contributed by atoms with Gasteiger partial charge in [0.1, 0.15) is 0 Å². The fourth-order valence-corrected chi connectivity index (χ4v) is 2.38. The highest BCUT2D eigenvalue weighted by molar-refractivity contribution is 6.32. The van der Waals surface area contributed by atoms with E-state index in [1.54, 1.807) is 12.1 Å². The fraction of sp³-hybridized carbons (Fsp3) is 0.105. The maximum Gasteiger partial charge on any atom is 0.322 e. The van der Waals surface area contributed by atoms with E-state index in [0.717, 1.165) is 11.1 Å². The number of aryl methyl sites for hydroxylation is 1. The van der Waals surface area contributed by atoms with Crippen molar-refractivity contribution < 1.29 is 9.21 Å². The highest BCUT2D eigenvalue weighted by Gasteiger charge is 2.09. The Kier molecular flexibility index (Phi) is 5.26. The molecule has 6 heteroatoms. The molecule has 126 valence electrons. The molecule has 0 atom stereocenters. The van der Waals surface area contributed by atoms with Crippen LogP contribution in [0.1, 0.15) is 22.6 Å². The standard InChI is InChI=1S/C19H16ClN3O2/c1-13-6-8-14(9-7-13)12-18-22-23-19(25-18)21-17(24)11-10-15-4-2-3-5-16(15)20/h2-11H,12H2,1H3,(H,21,23,24)/b11-10+. The number of hydrogen-bond donors (Lipinski definition) is 1. The summed E-state index contributed by atoms with van der Waals surface area (Å²) in [4.78, 5) is 11.9. The molecule has 2 aromatic carbocycles. The number of carbonyl (C=O) groups excluding carboxylic acids is 1. The zero-order chi connectivity index (χ0) is 17.6. The number of hydrogen-bond acceptors (Lipinski definition) is 4. The molecule has 0 unspecified atom stereocenters. The quantitative estimate of drug-likeness (QED) is 0.695. The van der Waals surface area contributed by atoms with Crippen molar-refractivity contribution in [2.75, 3.05) is 5.32 Å². The van der Waals surface area contributed by atoms with Gasteiger partial charge in [-0.1, -0.05) is 64.7 Å². The van der Waals surface area contributed by atoms with Crippen LogP contribution in [0.4, 0.5) is 6.01 Å². The molecule has 0 radical (unpaired) electrons. The Morgan fingerprint density at radius 1 is 1.16 bits per heavy atom. The molecule has 5 nitrogen and oxygen atoms in total. The van der Waals surface area contributed by atoms with Crippen molar-refractivity contribution in [2.45, 2.75) is 13.3 Å². The maximum atomic E-state index is 11.9. The van der Waals surface area contributed by atoms with Crippen LogP contribution >= 0.6 is 11.6 Å². The number of amides is 1. The van der Waals surface area contributed by atoms with Crippen molar-refractivity contribution in [1.29, 1.82) is 0 Å². The summed E-state index contributed by atoms with van der Waals surface area (Å²) in [6, 6.07) is 15.4. The predicted molar refractivity (Wildman–Crippen MR) is 97.4 cm³/mol. The number of halogens is 1. The maximum absolute atomic E-state index is 11.9. The van der Waals surface area contributed by atoms with E-state index in [1.165, 1.54) is 11.6 Å². The van der Waals surface area contributed by atoms with Crippen LogP contribution in [0.3, 0.4) is 0 Å². The van der Waals surface area contributed by atoms with E-state index in [0.29, 0.717) is 17.3 Å². The third-order valence-corrected chi connectivity index (χ3v) is 3.84. The van der Waals surface area contributed by atoms with Gasteiger partial charge in [-0.15, -0.1) is 5.10 Å². The summed E-state index contributed by atoms with van der Waals surface area (Å²) in [5, 5.41) is 10.9. The largest absolute Gasteiger partial charge is 0.407 e. The van der Waals surface area contributed by atoms with Gasteiger partial charge in [0.15, 0.2) is 0 Å². The Morgan fingerprint density at radius 2 is 1.92 bits per heavy atom. The SMILES string of the molecule is Cc1ccc(Cc2nnc(NC(=O)/C=C/c3ccccc3Cl)o2)cc1. The third kappa shape index (κ3) is 4.78. The van der Waals surface area contributed by atoms with Crippen LogP contribution in [0.15, 0.2) is 59.0 Å². The van der Waals surface area contributed by atoms with Crippen molar-refractivity contribution in [3.63, 3.8) is 0 Å². The monoisotopic (exact) mass is 353 g/mol. The Balaban J connectivity index is 1.60. The van der Waals surface area contributed by atoms with E-state index in [2.05, 4.69) is 15.5 Å². The van der Waals surface area contributed by atoms with Crippen molar-refractivity contribution in [3.05, 3.63) is 82.2 Å². The summed E-state index contributed by atoms with van der Waals surface area (Å²) < 4.78 is 5.45. The van der Waals surface area contributed by atoms with Crippen LogP contribution in [0.25, 0.3) is 6.08 Å². The Hall–Kier alpha value is -2.92. The molecule has 0 aliphatic heterocycles. The molecule has 0 saturated heterocycles. The van der Waals surface area contributed by atoms with Gasteiger partial charge in [-0.2, -0.15) is 0 Å². The normalized spacial score (nSPS) is 11.0. The lowest BCUT2D eigenvalue weighted by atomic mass is 10.1. The molecule has 3 rings (SSSR count). The van der Waals surface area contributed by atoms with Crippen LogP contribution < -0.4 is 5.32 Å². The first-order valence-electron chi connectivity index (χ1n) is 7.72. The second-order valence-electron chi connectivity index (χ2n) is 5.51. The Labute approximate surface area is 150 Å². The molecule has 1 heterocycles. The van der Waals surface area contributed by atoms with Gasteiger partial charge in [-0.3, -0.25) is 10.1 Å². The summed E-state index contributed by atoms with van der Waals surface area (Å²) in [5.41, 5.74) is 3.00. The van der Waals surface area contributed by atoms with Gasteiger partial charge in [0, 0.05) is 11.1 Å². The van der Waals surface area contributed by atoms with Crippen LogP contribution in [0, 0.1) is 6.92 Å². The molecule has 3 aromatic rings. The lowest BCUT2D eigenvalue weighted by Gasteiger charge is -1.98. The first kappa shape index (κ1) is 16.9. The molecule has 1 N–H and O–H groups in total. The van der Waals surface area contributed by atoms with Gasteiger partial charge < -0.3 is 4.42 Å². The second kappa shape index (κ2) is 7.77. The molecular formula is C19H16ClN3O2. The van der Waals surface area contributed by atoms with Crippen molar-refractivity contribution >= 4 is 29.6 Å². The van der Waals surface area contributed by atoms with Crippen LogP contribution in [0.2, 0.25) is 5.02 Å². The van der Waals surface area contributed by atoms with Crippen LogP contribution in [-0.4, -0.2) is 16.1 Å². The molecule has 0 aliphatic carbocycles. The average Bonchev–Trinajstić information content (AvgIpc) is 3.03. The molecule has 0 saturated carbocycles. The van der Waals surface area contributed by atoms with Gasteiger partial charge in [0.25, 0.3) is 5.91 Å². The van der Waals surface area contributed by atoms with E-state index in [9.17, 15) is 4.79 Å². The molecule has 0 spiro atoms. The Morgan fingerprint density at radius 3 is 2.68 bits per heavy atom. The average molecular weight is 354 g/mol. The number of nitrogens with zero attached hydrogens (tertiary/aromatic N) is 2. The molecule has 0 aliphatic rings. The summed E-state index contributed by atoms with van der Waals surface area (Å²) in [6.07, 6.45) is 3.50. The number of carbonyl (C=O) groups is 1. The van der Waals surface area contributed by atoms with E-state index < -0.39 is 0 Å². The minimum Gasteiger partial charge on any atom is -0.407 e. The van der Waals surface area contributed by atoms with Gasteiger partial charge >= 0.3 is 6.01 Å². The third-order valence-electron chi connectivity index (χ3n) is 3.49. The number of anilines is 1. The van der Waals surface area contributed by atoms with Crippen molar-refractivity contribution in [1.82, 2.24) is 10.2 Å². The number of aromatic nitrogens is 2. The molecule has 1 amide bonds.